The zero-order chi connectivity index (χ0) is 21.4. The standard InChI is InChI=1S/C23H28FN5S/c1-16(26(2)3)22-25-28(23(30)29(22)19-12-10-18(24)11-13-19)15-27(4)21-14-9-17-7-5-6-8-20(17)21/h5-8,10-13,16,21H,9,14-15H2,1-4H3. The number of hydrogen-bond acceptors (Lipinski definition) is 4. The lowest BCUT2D eigenvalue weighted by Crippen LogP contribution is -2.27. The minimum Gasteiger partial charge on any atom is -0.300 e. The van der Waals surface area contributed by atoms with Gasteiger partial charge in [0.05, 0.1) is 12.7 Å². The van der Waals surface area contributed by atoms with Gasteiger partial charge in [0.1, 0.15) is 5.82 Å². The molecule has 7 heteroatoms. The molecule has 0 fully saturated rings. The zero-order valence-electron chi connectivity index (χ0n) is 17.9. The third-order valence-electron chi connectivity index (χ3n) is 6.09. The largest absolute Gasteiger partial charge is 0.300 e. The molecule has 0 amide bonds. The van der Waals surface area contributed by atoms with Crippen molar-refractivity contribution in [2.45, 2.75) is 38.5 Å². The lowest BCUT2D eigenvalue weighted by Gasteiger charge is -2.25. The second kappa shape index (κ2) is 8.41. The molecule has 30 heavy (non-hydrogen) atoms. The Morgan fingerprint density at radius 3 is 2.53 bits per heavy atom. The Labute approximate surface area is 182 Å². The van der Waals surface area contributed by atoms with E-state index in [0.717, 1.165) is 24.4 Å². The Morgan fingerprint density at radius 1 is 1.13 bits per heavy atom. The van der Waals surface area contributed by atoms with Gasteiger partial charge >= 0.3 is 0 Å². The molecule has 0 saturated carbocycles. The molecule has 4 rings (SSSR count). The van der Waals surface area contributed by atoms with E-state index >= 15 is 0 Å². The summed E-state index contributed by atoms with van der Waals surface area (Å²) in [4.78, 5) is 4.41. The van der Waals surface area contributed by atoms with Gasteiger partial charge in [-0.3, -0.25) is 14.4 Å². The maximum Gasteiger partial charge on any atom is 0.203 e. The maximum absolute atomic E-state index is 13.5. The molecule has 3 aromatic rings. The summed E-state index contributed by atoms with van der Waals surface area (Å²) in [7, 11) is 6.16. The van der Waals surface area contributed by atoms with E-state index in [2.05, 4.69) is 48.0 Å². The van der Waals surface area contributed by atoms with E-state index in [1.54, 1.807) is 12.1 Å². The van der Waals surface area contributed by atoms with E-state index in [1.807, 2.05) is 23.3 Å². The fourth-order valence-electron chi connectivity index (χ4n) is 4.15. The highest BCUT2D eigenvalue weighted by Crippen LogP contribution is 2.35. The van der Waals surface area contributed by atoms with Gasteiger partial charge in [-0.1, -0.05) is 24.3 Å². The minimum absolute atomic E-state index is 0.0514. The Hall–Kier alpha value is -2.35. The second-order valence-electron chi connectivity index (χ2n) is 8.24. The molecule has 5 nitrogen and oxygen atoms in total. The summed E-state index contributed by atoms with van der Waals surface area (Å²) in [5, 5.41) is 4.90. The van der Waals surface area contributed by atoms with E-state index in [1.165, 1.54) is 23.3 Å². The first kappa shape index (κ1) is 20.9. The van der Waals surface area contributed by atoms with E-state index < -0.39 is 0 Å². The van der Waals surface area contributed by atoms with Crippen LogP contribution in [0.1, 0.15) is 42.4 Å². The van der Waals surface area contributed by atoms with Gasteiger partial charge in [-0.15, -0.1) is 0 Å². The average molecular weight is 426 g/mol. The molecule has 0 saturated heterocycles. The summed E-state index contributed by atoms with van der Waals surface area (Å²) in [6, 6.07) is 15.5. The Bertz CT molecular complexity index is 1090. The summed E-state index contributed by atoms with van der Waals surface area (Å²) < 4.78 is 17.9. The molecular weight excluding hydrogens is 397 g/mol. The van der Waals surface area contributed by atoms with Crippen molar-refractivity contribution in [1.29, 1.82) is 0 Å². The lowest BCUT2D eigenvalue weighted by molar-refractivity contribution is 0.181. The van der Waals surface area contributed by atoms with Crippen LogP contribution >= 0.6 is 12.2 Å². The molecule has 0 bridgehead atoms. The SMILES string of the molecule is CC(c1nn(CN(C)C2CCc3ccccc32)c(=S)n1-c1ccc(F)cc1)N(C)C. The predicted molar refractivity (Wildman–Crippen MR) is 120 cm³/mol. The third-order valence-corrected chi connectivity index (χ3v) is 6.48. The first-order valence-electron chi connectivity index (χ1n) is 10.3. The topological polar surface area (TPSA) is 29.2 Å². The van der Waals surface area contributed by atoms with Crippen molar-refractivity contribution in [3.63, 3.8) is 0 Å². The highest BCUT2D eigenvalue weighted by molar-refractivity contribution is 7.71. The normalized spacial score (nSPS) is 17.0. The van der Waals surface area contributed by atoms with Gasteiger partial charge in [-0.05, 0) is 88.5 Å². The van der Waals surface area contributed by atoms with Gasteiger partial charge in [0.25, 0.3) is 0 Å². The van der Waals surface area contributed by atoms with Gasteiger partial charge in [0.2, 0.25) is 4.77 Å². The van der Waals surface area contributed by atoms with Crippen LogP contribution in [0.4, 0.5) is 4.39 Å². The number of rotatable bonds is 6. The average Bonchev–Trinajstić information content (AvgIpc) is 3.30. The number of aromatic nitrogens is 3. The summed E-state index contributed by atoms with van der Waals surface area (Å²) in [5.74, 6) is 0.580. The Morgan fingerprint density at radius 2 is 1.83 bits per heavy atom. The zero-order valence-corrected chi connectivity index (χ0v) is 18.7. The fourth-order valence-corrected chi connectivity index (χ4v) is 4.45. The molecule has 2 unspecified atom stereocenters. The van der Waals surface area contributed by atoms with E-state index in [0.29, 0.717) is 17.5 Å². The number of halogens is 1. The molecule has 0 radical (unpaired) electrons. The molecule has 158 valence electrons. The van der Waals surface area contributed by atoms with Crippen molar-refractivity contribution >= 4 is 12.2 Å². The van der Waals surface area contributed by atoms with Crippen LogP contribution in [0.3, 0.4) is 0 Å². The smallest absolute Gasteiger partial charge is 0.203 e. The summed E-state index contributed by atoms with van der Waals surface area (Å²) >= 11 is 5.83. The van der Waals surface area contributed by atoms with Crippen LogP contribution in [0.25, 0.3) is 5.69 Å². The highest BCUT2D eigenvalue weighted by Gasteiger charge is 2.27. The third kappa shape index (κ3) is 3.85. The van der Waals surface area contributed by atoms with E-state index in [4.69, 9.17) is 17.3 Å². The van der Waals surface area contributed by atoms with Crippen molar-refractivity contribution in [3.8, 4) is 5.69 Å². The molecule has 0 aliphatic heterocycles. The predicted octanol–water partition coefficient (Wildman–Crippen LogP) is 4.74. The van der Waals surface area contributed by atoms with Crippen LogP contribution in [0, 0.1) is 10.6 Å². The monoisotopic (exact) mass is 425 g/mol. The van der Waals surface area contributed by atoms with Gasteiger partial charge in [-0.25, -0.2) is 9.07 Å². The van der Waals surface area contributed by atoms with Crippen molar-refractivity contribution < 1.29 is 4.39 Å². The van der Waals surface area contributed by atoms with Crippen LogP contribution in [0.5, 0.6) is 0 Å². The van der Waals surface area contributed by atoms with Crippen molar-refractivity contribution in [3.05, 3.63) is 76.1 Å². The summed E-state index contributed by atoms with van der Waals surface area (Å²) in [5.41, 5.74) is 3.65. The molecule has 2 aromatic carbocycles. The van der Waals surface area contributed by atoms with Crippen LogP contribution in [0.15, 0.2) is 48.5 Å². The first-order chi connectivity index (χ1) is 14.4. The van der Waals surface area contributed by atoms with Crippen molar-refractivity contribution in [2.75, 3.05) is 21.1 Å². The quantitative estimate of drug-likeness (QED) is 0.534. The first-order valence-corrected chi connectivity index (χ1v) is 10.7. The van der Waals surface area contributed by atoms with Crippen LogP contribution in [-0.2, 0) is 13.1 Å². The number of aryl methyl sites for hydroxylation is 1. The molecule has 1 aliphatic rings. The van der Waals surface area contributed by atoms with Gasteiger partial charge in [0.15, 0.2) is 5.82 Å². The second-order valence-corrected chi connectivity index (χ2v) is 8.61. The Kier molecular flexibility index (Phi) is 5.86. The molecule has 1 aliphatic carbocycles. The van der Waals surface area contributed by atoms with E-state index in [9.17, 15) is 4.39 Å². The number of benzene rings is 2. The van der Waals surface area contributed by atoms with Gasteiger partial charge in [-0.2, -0.15) is 5.10 Å². The van der Waals surface area contributed by atoms with Crippen LogP contribution in [-0.4, -0.2) is 45.3 Å². The molecule has 1 heterocycles. The Balaban J connectivity index is 1.70. The van der Waals surface area contributed by atoms with Crippen molar-refractivity contribution in [1.82, 2.24) is 24.1 Å². The molecule has 2 atom stereocenters. The summed E-state index contributed by atoms with van der Waals surface area (Å²) in [6.07, 6.45) is 2.20. The van der Waals surface area contributed by atoms with E-state index in [-0.39, 0.29) is 11.9 Å². The minimum atomic E-state index is -0.264. The lowest BCUT2D eigenvalue weighted by atomic mass is 10.1. The van der Waals surface area contributed by atoms with Gasteiger partial charge in [0, 0.05) is 11.7 Å². The van der Waals surface area contributed by atoms with Crippen molar-refractivity contribution in [2.24, 2.45) is 0 Å². The maximum atomic E-state index is 13.5. The number of fused-ring (bicyclic) bond motifs is 1. The van der Waals surface area contributed by atoms with Gasteiger partial charge < -0.3 is 0 Å². The molecular formula is C23H28FN5S. The molecule has 1 aromatic heterocycles. The summed E-state index contributed by atoms with van der Waals surface area (Å²) in [6.45, 7) is 2.69. The van der Waals surface area contributed by atoms with Crippen LogP contribution in [0.2, 0.25) is 0 Å². The fraction of sp³-hybridized carbons (Fsp3) is 0.391. The highest BCUT2D eigenvalue weighted by atomic mass is 32.1. The molecule has 0 N–H and O–H groups in total. The number of hydrogen-bond donors (Lipinski definition) is 0. The number of nitrogens with zero attached hydrogens (tertiary/aromatic N) is 5. The molecule has 0 spiro atoms. The van der Waals surface area contributed by atoms with Crippen LogP contribution < -0.4 is 0 Å².